The van der Waals surface area contributed by atoms with Crippen molar-refractivity contribution in [1.82, 2.24) is 0 Å². The predicted octanol–water partition coefficient (Wildman–Crippen LogP) is 3.63. The molecule has 2 aromatic carbocycles. The van der Waals surface area contributed by atoms with Gasteiger partial charge in [-0.1, -0.05) is 33.6 Å². The minimum Gasteiger partial charge on any atom is -0.422 e. The van der Waals surface area contributed by atoms with Crippen LogP contribution in [0.15, 0.2) is 67.1 Å². The molecule has 23 heavy (non-hydrogen) atoms. The highest BCUT2D eigenvalue weighted by Crippen LogP contribution is 2.29. The summed E-state index contributed by atoms with van der Waals surface area (Å²) in [6.07, 6.45) is 0. The molecule has 0 unspecified atom stereocenters. The fourth-order valence-corrected chi connectivity index (χ4v) is 3.35. The molecule has 0 aliphatic heterocycles. The lowest BCUT2D eigenvalue weighted by molar-refractivity contribution is 0.482. The van der Waals surface area contributed by atoms with E-state index < -0.39 is 15.7 Å². The summed E-state index contributed by atoms with van der Waals surface area (Å²) in [5.41, 5.74) is 0.488. The first-order chi connectivity index (χ1) is 10.8. The van der Waals surface area contributed by atoms with Gasteiger partial charge in [-0.15, -0.1) is 0 Å². The Labute approximate surface area is 140 Å². The van der Waals surface area contributed by atoms with Crippen LogP contribution < -0.4 is 9.81 Å². The standard InChI is InChI=1S/C16H11BrO5S/c1-10-2-5-12(6-3-10)23(19,20)22-15-9-16(18)21-14-7-4-11(17)8-13(14)15/h2-9H,1H3. The van der Waals surface area contributed by atoms with Gasteiger partial charge in [0, 0.05) is 4.47 Å². The van der Waals surface area contributed by atoms with Gasteiger partial charge in [0.15, 0.2) is 5.75 Å². The summed E-state index contributed by atoms with van der Waals surface area (Å²) in [7, 11) is -4.05. The van der Waals surface area contributed by atoms with Gasteiger partial charge in [0.05, 0.1) is 11.5 Å². The average molecular weight is 395 g/mol. The molecule has 0 amide bonds. The van der Waals surface area contributed by atoms with Crippen molar-refractivity contribution in [3.8, 4) is 5.75 Å². The maximum atomic E-state index is 12.4. The van der Waals surface area contributed by atoms with Gasteiger partial charge >= 0.3 is 15.7 Å². The van der Waals surface area contributed by atoms with E-state index in [9.17, 15) is 13.2 Å². The zero-order valence-corrected chi connectivity index (χ0v) is 14.3. The van der Waals surface area contributed by atoms with Crippen molar-refractivity contribution < 1.29 is 17.0 Å². The van der Waals surface area contributed by atoms with E-state index in [0.29, 0.717) is 9.86 Å². The fourth-order valence-electron chi connectivity index (χ4n) is 2.05. The van der Waals surface area contributed by atoms with E-state index in [0.717, 1.165) is 11.6 Å². The molecule has 0 aliphatic rings. The predicted molar refractivity (Wildman–Crippen MR) is 89.2 cm³/mol. The topological polar surface area (TPSA) is 73.6 Å². The van der Waals surface area contributed by atoms with Crippen molar-refractivity contribution in [1.29, 1.82) is 0 Å². The first kappa shape index (κ1) is 15.8. The van der Waals surface area contributed by atoms with Crippen molar-refractivity contribution in [2.45, 2.75) is 11.8 Å². The molecule has 0 spiro atoms. The van der Waals surface area contributed by atoms with Crippen LogP contribution in [-0.2, 0) is 10.1 Å². The minimum atomic E-state index is -4.05. The summed E-state index contributed by atoms with van der Waals surface area (Å²) in [6.45, 7) is 1.85. The maximum absolute atomic E-state index is 12.4. The highest BCUT2D eigenvalue weighted by molar-refractivity contribution is 9.10. The van der Waals surface area contributed by atoms with Crippen molar-refractivity contribution in [3.63, 3.8) is 0 Å². The summed E-state index contributed by atoms with van der Waals surface area (Å²) in [4.78, 5) is 11.6. The number of benzene rings is 2. The smallest absolute Gasteiger partial charge is 0.340 e. The molecule has 0 saturated heterocycles. The largest absolute Gasteiger partial charge is 0.422 e. The lowest BCUT2D eigenvalue weighted by atomic mass is 10.2. The van der Waals surface area contributed by atoms with Gasteiger partial charge in [0.1, 0.15) is 10.5 Å². The number of hydrogen-bond donors (Lipinski definition) is 0. The monoisotopic (exact) mass is 394 g/mol. The maximum Gasteiger partial charge on any atom is 0.340 e. The van der Waals surface area contributed by atoms with Crippen LogP contribution in [0.1, 0.15) is 5.56 Å². The van der Waals surface area contributed by atoms with Gasteiger partial charge in [-0.2, -0.15) is 8.42 Å². The second-order valence-electron chi connectivity index (χ2n) is 4.92. The second-order valence-corrected chi connectivity index (χ2v) is 7.38. The number of rotatable bonds is 3. The van der Waals surface area contributed by atoms with Gasteiger partial charge in [-0.05, 0) is 37.3 Å². The second kappa shape index (κ2) is 5.82. The lowest BCUT2D eigenvalue weighted by Gasteiger charge is -2.09. The van der Waals surface area contributed by atoms with Gasteiger partial charge in [-0.25, -0.2) is 4.79 Å². The molecule has 3 rings (SSSR count). The van der Waals surface area contributed by atoms with Crippen LogP contribution in [0.3, 0.4) is 0 Å². The molecule has 0 saturated carbocycles. The number of hydrogen-bond acceptors (Lipinski definition) is 5. The molecule has 0 fully saturated rings. The van der Waals surface area contributed by atoms with Crippen molar-refractivity contribution in [2.75, 3.05) is 0 Å². The highest BCUT2D eigenvalue weighted by Gasteiger charge is 2.19. The molecule has 3 aromatic rings. The number of fused-ring (bicyclic) bond motifs is 1. The van der Waals surface area contributed by atoms with E-state index >= 15 is 0 Å². The molecule has 0 bridgehead atoms. The van der Waals surface area contributed by atoms with Crippen LogP contribution in [0.25, 0.3) is 11.0 Å². The van der Waals surface area contributed by atoms with Crippen LogP contribution in [0.4, 0.5) is 0 Å². The normalized spacial score (nSPS) is 11.6. The van der Waals surface area contributed by atoms with E-state index in [2.05, 4.69) is 15.9 Å². The van der Waals surface area contributed by atoms with E-state index in [1.54, 1.807) is 30.3 Å². The van der Waals surface area contributed by atoms with E-state index in [1.165, 1.54) is 12.1 Å². The Morgan fingerprint density at radius 3 is 2.43 bits per heavy atom. The van der Waals surface area contributed by atoms with Gasteiger partial charge in [0.25, 0.3) is 0 Å². The third-order valence-electron chi connectivity index (χ3n) is 3.18. The first-order valence-corrected chi connectivity index (χ1v) is 8.80. The molecule has 1 aromatic heterocycles. The van der Waals surface area contributed by atoms with Crippen LogP contribution in [0, 0.1) is 6.92 Å². The third kappa shape index (κ3) is 3.30. The fraction of sp³-hybridized carbons (Fsp3) is 0.0625. The molecule has 0 aliphatic carbocycles. The highest BCUT2D eigenvalue weighted by atomic mass is 79.9. The zero-order valence-electron chi connectivity index (χ0n) is 11.9. The van der Waals surface area contributed by atoms with E-state index in [4.69, 9.17) is 8.60 Å². The molecular formula is C16H11BrO5S. The minimum absolute atomic E-state index is 0.0134. The van der Waals surface area contributed by atoms with Crippen molar-refractivity contribution in [3.05, 3.63) is 69.0 Å². The molecule has 0 radical (unpaired) electrons. The molecule has 118 valence electrons. The van der Waals surface area contributed by atoms with Gasteiger partial charge in [-0.3, -0.25) is 0 Å². The van der Waals surface area contributed by atoms with Crippen molar-refractivity contribution in [2.24, 2.45) is 0 Å². The Kier molecular flexibility index (Phi) is 3.99. The Morgan fingerprint density at radius 2 is 1.74 bits per heavy atom. The Hall–Kier alpha value is -2.12. The van der Waals surface area contributed by atoms with Crippen LogP contribution in [0.2, 0.25) is 0 Å². The molecule has 0 atom stereocenters. The lowest BCUT2D eigenvalue weighted by Crippen LogP contribution is -2.11. The Balaban J connectivity index is 2.12. The summed E-state index contributed by atoms with van der Waals surface area (Å²) in [5.74, 6) is -0.0712. The Bertz CT molecular complexity index is 1040. The van der Waals surface area contributed by atoms with E-state index in [1.807, 2.05) is 6.92 Å². The molecule has 5 nitrogen and oxygen atoms in total. The SMILES string of the molecule is Cc1ccc(S(=O)(=O)Oc2cc(=O)oc3ccc(Br)cc23)cc1. The third-order valence-corrected chi connectivity index (χ3v) is 4.92. The number of halogens is 1. The average Bonchev–Trinajstić information content (AvgIpc) is 2.48. The molecular weight excluding hydrogens is 384 g/mol. The quantitative estimate of drug-likeness (QED) is 0.500. The molecule has 1 heterocycles. The zero-order chi connectivity index (χ0) is 16.6. The molecule has 0 N–H and O–H groups in total. The van der Waals surface area contributed by atoms with Crippen LogP contribution >= 0.6 is 15.9 Å². The van der Waals surface area contributed by atoms with Gasteiger partial charge < -0.3 is 8.60 Å². The summed E-state index contributed by atoms with van der Waals surface area (Å²) >= 11 is 3.29. The summed E-state index contributed by atoms with van der Waals surface area (Å²) in [6, 6.07) is 12.1. The number of aryl methyl sites for hydroxylation is 1. The van der Waals surface area contributed by atoms with E-state index in [-0.39, 0.29) is 16.2 Å². The molecule has 7 heteroatoms. The van der Waals surface area contributed by atoms with Crippen LogP contribution in [-0.4, -0.2) is 8.42 Å². The summed E-state index contributed by atoms with van der Waals surface area (Å²) < 4.78 is 35.7. The van der Waals surface area contributed by atoms with Crippen LogP contribution in [0.5, 0.6) is 5.75 Å². The summed E-state index contributed by atoms with van der Waals surface area (Å²) in [5, 5.41) is 0.384. The first-order valence-electron chi connectivity index (χ1n) is 6.60. The van der Waals surface area contributed by atoms with Crippen molar-refractivity contribution >= 4 is 37.0 Å². The van der Waals surface area contributed by atoms with Gasteiger partial charge in [0.2, 0.25) is 0 Å². The Morgan fingerprint density at radius 1 is 1.04 bits per heavy atom.